The Morgan fingerprint density at radius 2 is 1.33 bits per heavy atom. The van der Waals surface area contributed by atoms with Crippen LogP contribution in [0.3, 0.4) is 0 Å². The fourth-order valence-electron chi connectivity index (χ4n) is 3.67. The van der Waals surface area contributed by atoms with E-state index in [0.29, 0.717) is 5.92 Å². The number of benzene rings is 3. The second kappa shape index (κ2) is 6.13. The lowest BCUT2D eigenvalue weighted by Crippen LogP contribution is -1.97. The largest absolute Gasteiger partial charge is 0.0622 e. The first-order valence-corrected chi connectivity index (χ1v) is 8.71. The van der Waals surface area contributed by atoms with E-state index < -0.39 is 0 Å². The highest BCUT2D eigenvalue weighted by atomic mass is 14.2. The summed E-state index contributed by atoms with van der Waals surface area (Å²) in [5.74, 6) is 0.514. The summed E-state index contributed by atoms with van der Waals surface area (Å²) in [7, 11) is 0. The van der Waals surface area contributed by atoms with E-state index >= 15 is 0 Å². The van der Waals surface area contributed by atoms with Crippen molar-refractivity contribution in [1.82, 2.24) is 0 Å². The van der Waals surface area contributed by atoms with Crippen molar-refractivity contribution in [2.75, 3.05) is 0 Å². The van der Waals surface area contributed by atoms with Crippen LogP contribution >= 0.6 is 0 Å². The predicted molar refractivity (Wildman–Crippen MR) is 104 cm³/mol. The molecule has 0 spiro atoms. The van der Waals surface area contributed by atoms with Gasteiger partial charge in [-0.2, -0.15) is 0 Å². The molecule has 0 radical (unpaired) electrons. The lowest BCUT2D eigenvalue weighted by atomic mass is 9.87. The molecule has 118 valence electrons. The zero-order valence-corrected chi connectivity index (χ0v) is 14.3. The van der Waals surface area contributed by atoms with Gasteiger partial charge in [-0.05, 0) is 57.4 Å². The first-order valence-electron chi connectivity index (χ1n) is 8.71. The van der Waals surface area contributed by atoms with Gasteiger partial charge in [-0.1, -0.05) is 86.6 Å². The molecule has 0 saturated heterocycles. The third-order valence-corrected chi connectivity index (χ3v) is 4.90. The van der Waals surface area contributed by atoms with E-state index in [4.69, 9.17) is 0 Å². The van der Waals surface area contributed by atoms with Gasteiger partial charge in [0, 0.05) is 0 Å². The van der Waals surface area contributed by atoms with Crippen LogP contribution in [0.2, 0.25) is 0 Å². The molecule has 1 aliphatic carbocycles. The van der Waals surface area contributed by atoms with Gasteiger partial charge in [0.15, 0.2) is 0 Å². The topological polar surface area (TPSA) is 0 Å². The first kappa shape index (κ1) is 15.0. The van der Waals surface area contributed by atoms with Crippen LogP contribution in [0.15, 0.2) is 72.8 Å². The predicted octanol–water partition coefficient (Wildman–Crippen LogP) is 6.57. The maximum atomic E-state index is 2.40. The molecule has 0 heteroatoms. The van der Waals surface area contributed by atoms with E-state index in [-0.39, 0.29) is 0 Å². The van der Waals surface area contributed by atoms with Crippen LogP contribution in [0.25, 0.3) is 22.8 Å². The standard InChI is InChI=1S/C24H22/c1-17(2)22-14-13-20-15-21(18-9-5-3-6-10-18)16-23(20)24(22)19-11-7-4-8-12-19/h3-14,16-17H,15H2,1-2H3. The molecule has 0 N–H and O–H groups in total. The Kier molecular flexibility index (Phi) is 3.82. The zero-order chi connectivity index (χ0) is 16.5. The van der Waals surface area contributed by atoms with E-state index in [1.54, 1.807) is 0 Å². The highest BCUT2D eigenvalue weighted by molar-refractivity contribution is 5.94. The number of allylic oxidation sites excluding steroid dienone is 1. The average molecular weight is 310 g/mol. The highest BCUT2D eigenvalue weighted by Gasteiger charge is 2.21. The summed E-state index contributed by atoms with van der Waals surface area (Å²) in [6.45, 7) is 4.57. The molecule has 0 amide bonds. The van der Waals surface area contributed by atoms with Gasteiger partial charge in [0.05, 0.1) is 0 Å². The van der Waals surface area contributed by atoms with Crippen molar-refractivity contribution >= 4 is 11.6 Å². The van der Waals surface area contributed by atoms with Gasteiger partial charge in [0.1, 0.15) is 0 Å². The molecule has 0 fully saturated rings. The summed E-state index contributed by atoms with van der Waals surface area (Å²) in [5, 5.41) is 0. The normalized spacial score (nSPS) is 13.0. The summed E-state index contributed by atoms with van der Waals surface area (Å²) >= 11 is 0. The minimum atomic E-state index is 0.514. The highest BCUT2D eigenvalue weighted by Crippen LogP contribution is 2.41. The molecule has 4 rings (SSSR count). The summed E-state index contributed by atoms with van der Waals surface area (Å²) in [6.07, 6.45) is 3.43. The van der Waals surface area contributed by atoms with Crippen LogP contribution in [0, 0.1) is 0 Å². The Labute approximate surface area is 144 Å². The van der Waals surface area contributed by atoms with Gasteiger partial charge in [-0.3, -0.25) is 0 Å². The van der Waals surface area contributed by atoms with E-state index in [0.717, 1.165) is 6.42 Å². The smallest absolute Gasteiger partial charge is 0.00134 e. The Morgan fingerprint density at radius 3 is 1.96 bits per heavy atom. The molecule has 0 atom stereocenters. The van der Waals surface area contributed by atoms with Crippen molar-refractivity contribution in [2.24, 2.45) is 0 Å². The summed E-state index contributed by atoms with van der Waals surface area (Å²) in [5.41, 5.74) is 9.77. The molecule has 0 bridgehead atoms. The molecule has 1 aliphatic rings. The van der Waals surface area contributed by atoms with Gasteiger partial charge >= 0.3 is 0 Å². The van der Waals surface area contributed by atoms with Crippen LogP contribution in [0.1, 0.15) is 42.0 Å². The molecule has 0 heterocycles. The Hall–Kier alpha value is -2.60. The molecule has 0 saturated carbocycles. The summed E-state index contributed by atoms with van der Waals surface area (Å²) in [4.78, 5) is 0. The summed E-state index contributed by atoms with van der Waals surface area (Å²) < 4.78 is 0. The third kappa shape index (κ3) is 2.59. The fourth-order valence-corrected chi connectivity index (χ4v) is 3.67. The number of fused-ring (bicyclic) bond motifs is 1. The molecule has 0 unspecified atom stereocenters. The van der Waals surface area contributed by atoms with Crippen LogP contribution in [0.4, 0.5) is 0 Å². The summed E-state index contributed by atoms with van der Waals surface area (Å²) in [6, 6.07) is 26.2. The average Bonchev–Trinajstić information content (AvgIpc) is 3.06. The number of hydrogen-bond acceptors (Lipinski definition) is 0. The molecule has 3 aromatic carbocycles. The van der Waals surface area contributed by atoms with Crippen molar-refractivity contribution in [3.05, 3.63) is 95.1 Å². The maximum Gasteiger partial charge on any atom is -0.00134 e. The van der Waals surface area contributed by atoms with E-state index in [9.17, 15) is 0 Å². The lowest BCUT2D eigenvalue weighted by molar-refractivity contribution is 0.868. The third-order valence-electron chi connectivity index (χ3n) is 4.90. The molecule has 0 aromatic heterocycles. The van der Waals surface area contributed by atoms with Crippen molar-refractivity contribution < 1.29 is 0 Å². The van der Waals surface area contributed by atoms with Crippen LogP contribution in [0.5, 0.6) is 0 Å². The van der Waals surface area contributed by atoms with Crippen molar-refractivity contribution in [2.45, 2.75) is 26.2 Å². The molecule has 0 aliphatic heterocycles. The SMILES string of the molecule is CC(C)c1ccc2c(c1-c1ccccc1)C=C(c1ccccc1)C2. The van der Waals surface area contributed by atoms with Gasteiger partial charge in [-0.25, -0.2) is 0 Å². The second-order valence-corrected chi connectivity index (χ2v) is 6.84. The second-order valence-electron chi connectivity index (χ2n) is 6.84. The van der Waals surface area contributed by atoms with Gasteiger partial charge < -0.3 is 0 Å². The molecule has 0 nitrogen and oxygen atoms in total. The first-order chi connectivity index (χ1) is 11.7. The van der Waals surface area contributed by atoms with Crippen LogP contribution in [-0.4, -0.2) is 0 Å². The van der Waals surface area contributed by atoms with Crippen molar-refractivity contribution in [1.29, 1.82) is 0 Å². The van der Waals surface area contributed by atoms with Crippen LogP contribution in [-0.2, 0) is 6.42 Å². The lowest BCUT2D eigenvalue weighted by Gasteiger charge is -2.17. The monoisotopic (exact) mass is 310 g/mol. The van der Waals surface area contributed by atoms with Crippen molar-refractivity contribution in [3.8, 4) is 11.1 Å². The van der Waals surface area contributed by atoms with Gasteiger partial charge in [-0.15, -0.1) is 0 Å². The molecule has 24 heavy (non-hydrogen) atoms. The van der Waals surface area contributed by atoms with Gasteiger partial charge in [0.25, 0.3) is 0 Å². The Morgan fingerprint density at radius 1 is 0.708 bits per heavy atom. The maximum absolute atomic E-state index is 2.40. The van der Waals surface area contributed by atoms with Crippen LogP contribution < -0.4 is 0 Å². The number of hydrogen-bond donors (Lipinski definition) is 0. The van der Waals surface area contributed by atoms with Crippen molar-refractivity contribution in [3.63, 3.8) is 0 Å². The fraction of sp³-hybridized carbons (Fsp3) is 0.167. The van der Waals surface area contributed by atoms with Gasteiger partial charge in [0.2, 0.25) is 0 Å². The zero-order valence-electron chi connectivity index (χ0n) is 14.3. The molecular formula is C24H22. The van der Waals surface area contributed by atoms with E-state index in [1.807, 2.05) is 0 Å². The minimum absolute atomic E-state index is 0.514. The number of rotatable bonds is 3. The minimum Gasteiger partial charge on any atom is -0.0622 e. The van der Waals surface area contributed by atoms with E-state index in [2.05, 4.69) is 92.7 Å². The molecule has 3 aromatic rings. The quantitative estimate of drug-likeness (QED) is 0.513. The Balaban J connectivity index is 1.91. The molecular weight excluding hydrogens is 288 g/mol. The van der Waals surface area contributed by atoms with E-state index in [1.165, 1.54) is 39.0 Å². The Bertz CT molecular complexity index is 884.